The fraction of sp³-hybridized carbons (Fsp3) is 0.118. The molecule has 0 saturated heterocycles. The molecule has 0 aromatic heterocycles. The summed E-state index contributed by atoms with van der Waals surface area (Å²) in [5.41, 5.74) is 6.22. The van der Waals surface area contributed by atoms with Crippen LogP contribution in [0.15, 0.2) is 42.5 Å². The van der Waals surface area contributed by atoms with Crippen LogP contribution in [0.3, 0.4) is 0 Å². The van der Waals surface area contributed by atoms with E-state index in [4.69, 9.17) is 28.6 Å². The number of benzene rings is 2. The first-order chi connectivity index (χ1) is 12.4. The van der Waals surface area contributed by atoms with E-state index < -0.39 is 5.91 Å². The van der Waals surface area contributed by atoms with Crippen molar-refractivity contribution >= 4 is 63.3 Å². The van der Waals surface area contributed by atoms with Gasteiger partial charge in [-0.15, -0.1) is 0 Å². The van der Waals surface area contributed by atoms with Crippen LogP contribution < -0.4 is 20.9 Å². The van der Waals surface area contributed by atoms with Gasteiger partial charge in [0.05, 0.1) is 5.56 Å². The van der Waals surface area contributed by atoms with Crippen molar-refractivity contribution < 1.29 is 14.3 Å². The van der Waals surface area contributed by atoms with Crippen molar-refractivity contribution in [2.75, 3.05) is 6.61 Å². The number of amides is 2. The second-order valence-electron chi connectivity index (χ2n) is 5.13. The van der Waals surface area contributed by atoms with Gasteiger partial charge in [0.1, 0.15) is 5.75 Å². The first kappa shape index (κ1) is 20.4. The molecule has 0 unspecified atom stereocenters. The number of carbonyl (C=O) groups excluding carboxylic acids is 2. The molecule has 0 saturated carbocycles. The lowest BCUT2D eigenvalue weighted by Gasteiger charge is -2.12. The first-order valence-electron chi connectivity index (χ1n) is 7.40. The Morgan fingerprint density at radius 1 is 1.19 bits per heavy atom. The van der Waals surface area contributed by atoms with Crippen LogP contribution >= 0.6 is 46.4 Å². The van der Waals surface area contributed by atoms with Crippen molar-refractivity contribution in [1.29, 1.82) is 0 Å². The molecule has 0 bridgehead atoms. The molecule has 0 spiro atoms. The van der Waals surface area contributed by atoms with Crippen LogP contribution in [0.2, 0.25) is 5.02 Å². The van der Waals surface area contributed by atoms with E-state index in [1.54, 1.807) is 30.3 Å². The van der Waals surface area contributed by atoms with Crippen molar-refractivity contribution in [3.05, 3.63) is 62.2 Å². The van der Waals surface area contributed by atoms with Crippen molar-refractivity contribution in [2.24, 2.45) is 0 Å². The number of nitrogens with one attached hydrogen (secondary N) is 3. The van der Waals surface area contributed by atoms with E-state index in [1.807, 2.05) is 19.1 Å². The number of hydrogen-bond acceptors (Lipinski definition) is 4. The molecule has 0 aliphatic carbocycles. The van der Waals surface area contributed by atoms with Gasteiger partial charge in [0.25, 0.3) is 11.8 Å². The van der Waals surface area contributed by atoms with Crippen molar-refractivity contribution in [3.63, 3.8) is 0 Å². The number of aryl methyl sites for hydroxylation is 1. The summed E-state index contributed by atoms with van der Waals surface area (Å²) in [5, 5.41) is 2.97. The molecule has 2 rings (SSSR count). The van der Waals surface area contributed by atoms with Crippen molar-refractivity contribution in [2.45, 2.75) is 6.92 Å². The molecule has 0 atom stereocenters. The summed E-state index contributed by atoms with van der Waals surface area (Å²) < 4.78 is 6.22. The monoisotopic (exact) mass is 503 g/mol. The van der Waals surface area contributed by atoms with E-state index in [2.05, 4.69) is 38.8 Å². The highest BCUT2D eigenvalue weighted by atomic mass is 127. The molecule has 2 aromatic carbocycles. The van der Waals surface area contributed by atoms with E-state index in [-0.39, 0.29) is 17.6 Å². The third-order valence-corrected chi connectivity index (χ3v) is 4.54. The second-order valence-corrected chi connectivity index (χ2v) is 7.14. The Morgan fingerprint density at radius 2 is 1.92 bits per heavy atom. The molecule has 0 aliphatic rings. The highest BCUT2D eigenvalue weighted by molar-refractivity contribution is 14.1. The van der Waals surface area contributed by atoms with E-state index in [0.717, 1.165) is 9.13 Å². The van der Waals surface area contributed by atoms with Gasteiger partial charge in [0.2, 0.25) is 0 Å². The summed E-state index contributed by atoms with van der Waals surface area (Å²) in [4.78, 5) is 23.9. The Bertz CT molecular complexity index is 848. The lowest BCUT2D eigenvalue weighted by molar-refractivity contribution is -0.121. The maximum atomic E-state index is 12.0. The standard InChI is InChI=1S/C17H15ClIN3O3S/c1-10-8-11(18)6-7-14(10)25-9-15(23)20-17(26)22-21-16(24)12-4-2-3-5-13(12)19/h2-8H,9H2,1H3,(H,21,24)(H2,20,22,23,26). The van der Waals surface area contributed by atoms with E-state index in [9.17, 15) is 9.59 Å². The summed E-state index contributed by atoms with van der Waals surface area (Å²) in [6.45, 7) is 1.60. The minimum Gasteiger partial charge on any atom is -0.483 e. The lowest BCUT2D eigenvalue weighted by Crippen LogP contribution is -2.49. The average molecular weight is 504 g/mol. The number of ether oxygens (including phenoxy) is 1. The molecule has 2 amide bonds. The Kier molecular flexibility index (Phi) is 7.61. The molecule has 0 heterocycles. The minimum absolute atomic E-state index is 0.0364. The topological polar surface area (TPSA) is 79.5 Å². The van der Waals surface area contributed by atoms with Gasteiger partial charge in [-0.3, -0.25) is 25.8 Å². The van der Waals surface area contributed by atoms with Gasteiger partial charge >= 0.3 is 0 Å². The third-order valence-electron chi connectivity index (χ3n) is 3.16. The molecule has 0 aliphatic heterocycles. The Hall–Kier alpha value is -1.91. The van der Waals surface area contributed by atoms with Crippen LogP contribution in [0.4, 0.5) is 0 Å². The van der Waals surface area contributed by atoms with Gasteiger partial charge in [-0.1, -0.05) is 23.7 Å². The maximum Gasteiger partial charge on any atom is 0.270 e. The number of thiocarbonyl (C=S) groups is 1. The smallest absolute Gasteiger partial charge is 0.270 e. The Balaban J connectivity index is 1.77. The van der Waals surface area contributed by atoms with Gasteiger partial charge < -0.3 is 4.74 Å². The third kappa shape index (κ3) is 6.11. The number of hydrogen-bond donors (Lipinski definition) is 3. The highest BCUT2D eigenvalue weighted by Crippen LogP contribution is 2.21. The van der Waals surface area contributed by atoms with E-state index >= 15 is 0 Å². The first-order valence-corrected chi connectivity index (χ1v) is 9.27. The molecular weight excluding hydrogens is 489 g/mol. The minimum atomic E-state index is -0.458. The van der Waals surface area contributed by atoms with Crippen LogP contribution in [-0.4, -0.2) is 23.5 Å². The number of rotatable bonds is 4. The maximum absolute atomic E-state index is 12.0. The number of carbonyl (C=O) groups is 2. The zero-order chi connectivity index (χ0) is 19.1. The summed E-state index contributed by atoms with van der Waals surface area (Å²) in [6.07, 6.45) is 0. The predicted octanol–water partition coefficient (Wildman–Crippen LogP) is 2.97. The zero-order valence-corrected chi connectivity index (χ0v) is 17.4. The molecule has 6 nitrogen and oxygen atoms in total. The summed E-state index contributed by atoms with van der Waals surface area (Å²) >= 11 is 12.9. The molecule has 136 valence electrons. The van der Waals surface area contributed by atoms with Gasteiger partial charge in [-0.05, 0) is 77.6 Å². The van der Waals surface area contributed by atoms with Crippen LogP contribution in [0.5, 0.6) is 5.75 Å². The quantitative estimate of drug-likeness (QED) is 0.340. The molecular formula is C17H15ClIN3O3S. The number of halogens is 2. The van der Waals surface area contributed by atoms with Gasteiger partial charge in [0.15, 0.2) is 11.7 Å². The molecule has 9 heteroatoms. The Labute approximate surface area is 174 Å². The lowest BCUT2D eigenvalue weighted by atomic mass is 10.2. The highest BCUT2D eigenvalue weighted by Gasteiger charge is 2.11. The fourth-order valence-electron chi connectivity index (χ4n) is 1.94. The molecule has 26 heavy (non-hydrogen) atoms. The summed E-state index contributed by atoms with van der Waals surface area (Å²) in [6, 6.07) is 12.2. The number of hydrazine groups is 1. The van der Waals surface area contributed by atoms with E-state index in [1.165, 1.54) is 0 Å². The normalized spacial score (nSPS) is 9.96. The molecule has 0 radical (unpaired) electrons. The van der Waals surface area contributed by atoms with Crippen molar-refractivity contribution in [3.8, 4) is 5.75 Å². The summed E-state index contributed by atoms with van der Waals surface area (Å²) in [7, 11) is 0. The van der Waals surface area contributed by atoms with Crippen LogP contribution in [0, 0.1) is 10.5 Å². The van der Waals surface area contributed by atoms with Gasteiger partial charge in [-0.2, -0.15) is 0 Å². The average Bonchev–Trinajstić information content (AvgIpc) is 2.59. The van der Waals surface area contributed by atoms with Crippen LogP contribution in [0.25, 0.3) is 0 Å². The van der Waals surface area contributed by atoms with Crippen molar-refractivity contribution in [1.82, 2.24) is 16.2 Å². The largest absolute Gasteiger partial charge is 0.483 e. The Morgan fingerprint density at radius 3 is 2.62 bits per heavy atom. The predicted molar refractivity (Wildman–Crippen MR) is 112 cm³/mol. The fourth-order valence-corrected chi connectivity index (χ4v) is 2.96. The molecule has 3 N–H and O–H groups in total. The SMILES string of the molecule is Cc1cc(Cl)ccc1OCC(=O)NC(=S)NNC(=O)c1ccccc1I. The second kappa shape index (κ2) is 9.70. The zero-order valence-electron chi connectivity index (χ0n) is 13.6. The van der Waals surface area contributed by atoms with Crippen LogP contribution in [0.1, 0.15) is 15.9 Å². The van der Waals surface area contributed by atoms with E-state index in [0.29, 0.717) is 16.3 Å². The molecule has 0 fully saturated rings. The van der Waals surface area contributed by atoms with Gasteiger partial charge in [0, 0.05) is 8.59 Å². The van der Waals surface area contributed by atoms with Crippen LogP contribution in [-0.2, 0) is 4.79 Å². The van der Waals surface area contributed by atoms with Gasteiger partial charge in [-0.25, -0.2) is 0 Å². The summed E-state index contributed by atoms with van der Waals surface area (Å²) in [5.74, 6) is -0.268. The molecule has 2 aromatic rings.